The van der Waals surface area contributed by atoms with Crippen LogP contribution in [-0.4, -0.2) is 26.6 Å². The number of nitrogens with zero attached hydrogens (tertiary/aromatic N) is 1. The minimum atomic E-state index is -3.83. The lowest BCUT2D eigenvalue weighted by Gasteiger charge is -2.09. The number of carbonyl (C=O) groups is 1. The van der Waals surface area contributed by atoms with Crippen LogP contribution in [0.25, 0.3) is 0 Å². The summed E-state index contributed by atoms with van der Waals surface area (Å²) in [5, 5.41) is 6.79. The first kappa shape index (κ1) is 22.1. The van der Waals surface area contributed by atoms with E-state index in [2.05, 4.69) is 15.2 Å². The van der Waals surface area contributed by atoms with Gasteiger partial charge in [-0.25, -0.2) is 0 Å². The van der Waals surface area contributed by atoms with Gasteiger partial charge in [-0.05, 0) is 68.8 Å². The highest BCUT2D eigenvalue weighted by atomic mass is 32.2. The molecule has 0 radical (unpaired) electrons. The van der Waals surface area contributed by atoms with Crippen molar-refractivity contribution in [2.75, 3.05) is 11.9 Å². The fourth-order valence-corrected chi connectivity index (χ4v) is 3.63. The first-order valence-electron chi connectivity index (χ1n) is 9.55. The first-order valence-corrected chi connectivity index (χ1v) is 11.0. The van der Waals surface area contributed by atoms with Gasteiger partial charge in [-0.3, -0.25) is 4.79 Å². The predicted molar refractivity (Wildman–Crippen MR) is 118 cm³/mol. The predicted octanol–water partition coefficient (Wildman–Crippen LogP) is 3.94. The number of amides is 1. The van der Waals surface area contributed by atoms with E-state index in [1.54, 1.807) is 56.3 Å². The number of sulfonamides is 1. The highest BCUT2D eigenvalue weighted by Gasteiger charge is 2.14. The fraction of sp³-hybridized carbons (Fsp3) is 0.182. The van der Waals surface area contributed by atoms with Crippen LogP contribution in [0.2, 0.25) is 0 Å². The number of hydrazone groups is 1. The van der Waals surface area contributed by atoms with Crippen LogP contribution in [0.4, 0.5) is 5.69 Å². The minimum absolute atomic E-state index is 0.0731. The Morgan fingerprint density at radius 1 is 1.13 bits per heavy atom. The Morgan fingerprint density at radius 3 is 2.52 bits per heavy atom. The number of hydrogen-bond donors (Lipinski definition) is 2. The number of rotatable bonds is 8. The molecule has 9 heteroatoms. The van der Waals surface area contributed by atoms with Crippen molar-refractivity contribution < 1.29 is 22.4 Å². The molecule has 0 spiro atoms. The molecular weight excluding hydrogens is 418 g/mol. The van der Waals surface area contributed by atoms with E-state index in [4.69, 9.17) is 9.15 Å². The second-order valence-corrected chi connectivity index (χ2v) is 8.28. The molecule has 0 aliphatic carbocycles. The van der Waals surface area contributed by atoms with Gasteiger partial charge in [-0.15, -0.1) is 0 Å². The van der Waals surface area contributed by atoms with E-state index in [0.29, 0.717) is 40.6 Å². The zero-order chi connectivity index (χ0) is 22.4. The number of ether oxygens (including phenoxy) is 1. The summed E-state index contributed by atoms with van der Waals surface area (Å²) in [6.07, 6.45) is 1.45. The lowest BCUT2D eigenvalue weighted by molar-refractivity contribution is 0.102. The zero-order valence-electron chi connectivity index (χ0n) is 17.4. The van der Waals surface area contributed by atoms with Crippen molar-refractivity contribution >= 4 is 27.3 Å². The summed E-state index contributed by atoms with van der Waals surface area (Å²) in [6.45, 7) is 5.72. The normalized spacial score (nSPS) is 11.8. The number of aryl methyl sites for hydroxylation is 1. The Balaban J connectivity index is 1.72. The quantitative estimate of drug-likeness (QED) is 0.406. The molecule has 0 saturated heterocycles. The molecule has 0 aliphatic heterocycles. The average Bonchev–Trinajstić information content (AvgIpc) is 3.19. The van der Waals surface area contributed by atoms with Gasteiger partial charge < -0.3 is 14.5 Å². The number of hydrogen-bond acceptors (Lipinski definition) is 6. The number of nitrogens with one attached hydrogen (secondary N) is 2. The third-order valence-corrected chi connectivity index (χ3v) is 5.64. The second kappa shape index (κ2) is 9.48. The van der Waals surface area contributed by atoms with Crippen LogP contribution in [0.1, 0.15) is 35.5 Å². The Morgan fingerprint density at radius 2 is 1.87 bits per heavy atom. The van der Waals surface area contributed by atoms with Crippen LogP contribution in [0.5, 0.6) is 5.75 Å². The van der Waals surface area contributed by atoms with Crippen molar-refractivity contribution in [1.82, 2.24) is 4.83 Å². The maximum atomic E-state index is 12.5. The lowest BCUT2D eigenvalue weighted by atomic mass is 10.1. The molecule has 0 atom stereocenters. The van der Waals surface area contributed by atoms with Crippen molar-refractivity contribution in [1.29, 1.82) is 0 Å². The molecule has 0 aliphatic rings. The molecule has 2 N–H and O–H groups in total. The molecule has 0 unspecified atom stereocenters. The summed E-state index contributed by atoms with van der Waals surface area (Å²) < 4.78 is 35.4. The maximum Gasteiger partial charge on any atom is 0.276 e. The standard InChI is InChI=1S/C22H23N3O5S/c1-4-29-19-8-10-20(11-9-19)31(27,28)25-24-15(2)17-6-5-7-18(14-17)23-22(26)21-12-13-30-16(21)3/h5-14,25H,4H2,1-3H3,(H,23,26). The molecule has 3 rings (SSSR count). The van der Waals surface area contributed by atoms with Crippen LogP contribution < -0.4 is 14.9 Å². The molecule has 3 aromatic rings. The van der Waals surface area contributed by atoms with Crippen molar-refractivity contribution in [2.45, 2.75) is 25.7 Å². The SMILES string of the molecule is CCOc1ccc(S(=O)(=O)NN=C(C)c2cccc(NC(=O)c3ccoc3C)c2)cc1. The van der Waals surface area contributed by atoms with Gasteiger partial charge in [-0.1, -0.05) is 12.1 Å². The summed E-state index contributed by atoms with van der Waals surface area (Å²) in [4.78, 5) is 14.7. The van der Waals surface area contributed by atoms with E-state index >= 15 is 0 Å². The highest BCUT2D eigenvalue weighted by Crippen LogP contribution is 2.17. The summed E-state index contributed by atoms with van der Waals surface area (Å²) in [7, 11) is -3.83. The highest BCUT2D eigenvalue weighted by molar-refractivity contribution is 7.89. The number of benzene rings is 2. The van der Waals surface area contributed by atoms with E-state index in [0.717, 1.165) is 0 Å². The molecule has 0 saturated carbocycles. The van der Waals surface area contributed by atoms with Gasteiger partial charge in [-0.2, -0.15) is 18.4 Å². The van der Waals surface area contributed by atoms with Crippen molar-refractivity contribution in [3.63, 3.8) is 0 Å². The molecule has 0 bridgehead atoms. The number of anilines is 1. The molecule has 2 aromatic carbocycles. The topological polar surface area (TPSA) is 110 Å². The van der Waals surface area contributed by atoms with Crippen molar-refractivity contribution in [3.8, 4) is 5.75 Å². The van der Waals surface area contributed by atoms with E-state index in [1.165, 1.54) is 18.4 Å². The largest absolute Gasteiger partial charge is 0.494 e. The summed E-state index contributed by atoms with van der Waals surface area (Å²) in [5.41, 5.74) is 2.08. The molecule has 1 heterocycles. The first-order chi connectivity index (χ1) is 14.8. The van der Waals surface area contributed by atoms with Gasteiger partial charge in [0.05, 0.1) is 29.0 Å². The lowest BCUT2D eigenvalue weighted by Crippen LogP contribution is -2.20. The Labute approximate surface area is 181 Å². The van der Waals surface area contributed by atoms with Gasteiger partial charge in [0.1, 0.15) is 11.5 Å². The molecule has 1 aromatic heterocycles. The Hall–Kier alpha value is -3.59. The summed E-state index contributed by atoms with van der Waals surface area (Å²) in [6, 6.07) is 14.6. The molecule has 162 valence electrons. The van der Waals surface area contributed by atoms with Gasteiger partial charge >= 0.3 is 0 Å². The zero-order valence-corrected chi connectivity index (χ0v) is 18.2. The molecular formula is C22H23N3O5S. The van der Waals surface area contributed by atoms with E-state index in [-0.39, 0.29) is 10.8 Å². The van der Waals surface area contributed by atoms with Gasteiger partial charge in [0.15, 0.2) is 0 Å². The third-order valence-electron chi connectivity index (χ3n) is 4.42. The monoisotopic (exact) mass is 441 g/mol. The molecule has 31 heavy (non-hydrogen) atoms. The Kier molecular flexibility index (Phi) is 6.76. The summed E-state index contributed by atoms with van der Waals surface area (Å²) >= 11 is 0. The van der Waals surface area contributed by atoms with Gasteiger partial charge in [0.2, 0.25) is 0 Å². The fourth-order valence-electron chi connectivity index (χ4n) is 2.77. The minimum Gasteiger partial charge on any atom is -0.494 e. The third kappa shape index (κ3) is 5.52. The van der Waals surface area contributed by atoms with Crippen LogP contribution >= 0.6 is 0 Å². The molecule has 8 nitrogen and oxygen atoms in total. The molecule has 0 fully saturated rings. The smallest absolute Gasteiger partial charge is 0.276 e. The Bertz CT molecular complexity index is 1200. The van der Waals surface area contributed by atoms with Crippen molar-refractivity contribution in [3.05, 3.63) is 77.7 Å². The second-order valence-electron chi connectivity index (χ2n) is 6.62. The summed E-state index contributed by atoms with van der Waals surface area (Å²) in [5.74, 6) is 0.815. The maximum absolute atomic E-state index is 12.5. The van der Waals surface area contributed by atoms with Gasteiger partial charge in [0.25, 0.3) is 15.9 Å². The number of furan rings is 1. The van der Waals surface area contributed by atoms with Gasteiger partial charge in [0, 0.05) is 5.69 Å². The van der Waals surface area contributed by atoms with E-state index < -0.39 is 10.0 Å². The van der Waals surface area contributed by atoms with E-state index in [1.807, 2.05) is 6.92 Å². The van der Waals surface area contributed by atoms with E-state index in [9.17, 15) is 13.2 Å². The van der Waals surface area contributed by atoms with Crippen LogP contribution in [0.3, 0.4) is 0 Å². The van der Waals surface area contributed by atoms with Crippen LogP contribution in [0, 0.1) is 6.92 Å². The molecule has 1 amide bonds. The average molecular weight is 442 g/mol. The number of carbonyl (C=O) groups excluding carboxylic acids is 1. The van der Waals surface area contributed by atoms with Crippen LogP contribution in [-0.2, 0) is 10.0 Å². The van der Waals surface area contributed by atoms with Crippen molar-refractivity contribution in [2.24, 2.45) is 5.10 Å². The van der Waals surface area contributed by atoms with Crippen LogP contribution in [0.15, 0.2) is 75.3 Å².